The van der Waals surface area contributed by atoms with E-state index in [1.54, 1.807) is 24.0 Å². The van der Waals surface area contributed by atoms with E-state index in [-0.39, 0.29) is 18.2 Å². The number of amides is 1. The van der Waals surface area contributed by atoms with Crippen LogP contribution in [0.5, 0.6) is 0 Å². The van der Waals surface area contributed by atoms with Crippen molar-refractivity contribution in [2.24, 2.45) is 7.05 Å². The first kappa shape index (κ1) is 8.68. The zero-order chi connectivity index (χ0) is 10.1. The number of aromatic nitrogens is 2. The lowest BCUT2D eigenvalue weighted by atomic mass is 10.1. The van der Waals surface area contributed by atoms with Crippen LogP contribution < -0.4 is 5.32 Å². The van der Waals surface area contributed by atoms with E-state index in [9.17, 15) is 9.59 Å². The summed E-state index contributed by atoms with van der Waals surface area (Å²) in [7, 11) is 1.72. The Bertz CT molecular complexity index is 431. The van der Waals surface area contributed by atoms with Gasteiger partial charge < -0.3 is 5.32 Å². The number of nitrogens with one attached hydrogen (secondary N) is 1. The van der Waals surface area contributed by atoms with Gasteiger partial charge in [0.1, 0.15) is 0 Å². The summed E-state index contributed by atoms with van der Waals surface area (Å²) in [6.07, 6.45) is 2.94. The Hall–Kier alpha value is -1.91. The lowest BCUT2D eigenvalue weighted by Gasteiger charge is -2.12. The first-order valence-corrected chi connectivity index (χ1v) is 4.19. The molecule has 1 amide bonds. The molecule has 0 bridgehead atoms. The Labute approximate surface area is 80.4 Å². The van der Waals surface area contributed by atoms with Gasteiger partial charge in [0.15, 0.2) is 5.78 Å². The fraction of sp³-hybridized carbons (Fsp3) is 0.222. The zero-order valence-electron chi connectivity index (χ0n) is 7.65. The predicted molar refractivity (Wildman–Crippen MR) is 49.2 cm³/mol. The number of carbonyl (C=O) groups excluding carboxylic acids is 2. The zero-order valence-corrected chi connectivity index (χ0v) is 7.65. The number of aryl methyl sites for hydroxylation is 1. The quantitative estimate of drug-likeness (QED) is 0.651. The highest BCUT2D eigenvalue weighted by atomic mass is 16.2. The molecule has 2 heterocycles. The molecule has 5 nitrogen and oxygen atoms in total. The van der Waals surface area contributed by atoms with Crippen LogP contribution in [0, 0.1) is 0 Å². The minimum absolute atomic E-state index is 0.0835. The van der Waals surface area contributed by atoms with Crippen LogP contribution in [0.3, 0.4) is 0 Å². The summed E-state index contributed by atoms with van der Waals surface area (Å²) in [5.41, 5.74) is 1.02. The van der Waals surface area contributed by atoms with Crippen molar-refractivity contribution in [2.45, 2.75) is 0 Å². The van der Waals surface area contributed by atoms with Crippen molar-refractivity contribution < 1.29 is 9.59 Å². The summed E-state index contributed by atoms with van der Waals surface area (Å²) in [6.45, 7) is 0.0835. The maximum Gasteiger partial charge on any atom is 0.253 e. The molecule has 5 heteroatoms. The standard InChI is InChI=1S/C9H9N3O2/c1-12-8(2-3-11-12)7-4-6(13)5-10-9(7)14/h2-4H,5H2,1H3,(H,10,14). The van der Waals surface area contributed by atoms with Crippen molar-refractivity contribution in [2.75, 3.05) is 6.54 Å². The Kier molecular flexibility index (Phi) is 1.92. The van der Waals surface area contributed by atoms with Gasteiger partial charge in [0.25, 0.3) is 5.91 Å². The van der Waals surface area contributed by atoms with E-state index in [0.717, 1.165) is 0 Å². The summed E-state index contributed by atoms with van der Waals surface area (Å²) < 4.78 is 1.56. The van der Waals surface area contributed by atoms with Gasteiger partial charge in [0.2, 0.25) is 0 Å². The summed E-state index contributed by atoms with van der Waals surface area (Å²) in [5, 5.41) is 6.44. The van der Waals surface area contributed by atoms with Crippen LogP contribution in [0.15, 0.2) is 18.3 Å². The fourth-order valence-corrected chi connectivity index (χ4v) is 1.37. The van der Waals surface area contributed by atoms with Gasteiger partial charge in [-0.05, 0) is 12.1 Å². The van der Waals surface area contributed by atoms with Gasteiger partial charge in [-0.3, -0.25) is 14.3 Å². The molecule has 0 spiro atoms. The van der Waals surface area contributed by atoms with Gasteiger partial charge in [-0.15, -0.1) is 0 Å². The predicted octanol–water partition coefficient (Wildman–Crippen LogP) is -0.498. The molecule has 0 radical (unpaired) electrons. The lowest BCUT2D eigenvalue weighted by Crippen LogP contribution is -2.34. The largest absolute Gasteiger partial charge is 0.345 e. The van der Waals surface area contributed by atoms with Crippen molar-refractivity contribution in [3.8, 4) is 0 Å². The molecule has 0 fully saturated rings. The monoisotopic (exact) mass is 191 g/mol. The third-order valence-corrected chi connectivity index (χ3v) is 2.07. The molecule has 1 aliphatic rings. The topological polar surface area (TPSA) is 64.0 Å². The maximum absolute atomic E-state index is 11.4. The third-order valence-electron chi connectivity index (χ3n) is 2.07. The maximum atomic E-state index is 11.4. The van der Waals surface area contributed by atoms with Gasteiger partial charge in [-0.25, -0.2) is 0 Å². The molecular weight excluding hydrogens is 182 g/mol. The summed E-state index contributed by atoms with van der Waals surface area (Å²) in [5.74, 6) is -0.325. The van der Waals surface area contributed by atoms with Crippen molar-refractivity contribution in [1.29, 1.82) is 0 Å². The average molecular weight is 191 g/mol. The van der Waals surface area contributed by atoms with Crippen LogP contribution in [-0.4, -0.2) is 28.0 Å². The molecule has 0 atom stereocenters. The second-order valence-corrected chi connectivity index (χ2v) is 3.05. The van der Waals surface area contributed by atoms with Crippen LogP contribution in [0.4, 0.5) is 0 Å². The van der Waals surface area contributed by atoms with E-state index in [4.69, 9.17) is 0 Å². The molecule has 2 rings (SSSR count). The molecule has 0 saturated carbocycles. The average Bonchev–Trinajstić information content (AvgIpc) is 2.56. The first-order chi connectivity index (χ1) is 6.68. The van der Waals surface area contributed by atoms with E-state index < -0.39 is 0 Å². The molecule has 72 valence electrons. The number of rotatable bonds is 1. The SMILES string of the molecule is Cn1nccc1C1=CC(=O)CNC1=O. The van der Waals surface area contributed by atoms with E-state index in [1.165, 1.54) is 6.08 Å². The van der Waals surface area contributed by atoms with Crippen molar-refractivity contribution in [3.05, 3.63) is 24.0 Å². The number of nitrogens with zero attached hydrogens (tertiary/aromatic N) is 2. The number of hydrogen-bond acceptors (Lipinski definition) is 3. The number of carbonyl (C=O) groups is 2. The van der Waals surface area contributed by atoms with Crippen molar-refractivity contribution >= 4 is 17.3 Å². The van der Waals surface area contributed by atoms with Gasteiger partial charge in [0, 0.05) is 13.2 Å². The van der Waals surface area contributed by atoms with E-state index in [2.05, 4.69) is 10.4 Å². The summed E-state index contributed by atoms with van der Waals surface area (Å²) in [4.78, 5) is 22.5. The lowest BCUT2D eigenvalue weighted by molar-refractivity contribution is -0.121. The fourth-order valence-electron chi connectivity index (χ4n) is 1.37. The van der Waals surface area contributed by atoms with Gasteiger partial charge in [-0.2, -0.15) is 5.10 Å². The van der Waals surface area contributed by atoms with Crippen LogP contribution in [0.2, 0.25) is 0 Å². The third kappa shape index (κ3) is 1.32. The van der Waals surface area contributed by atoms with Crippen molar-refractivity contribution in [1.82, 2.24) is 15.1 Å². The van der Waals surface area contributed by atoms with E-state index >= 15 is 0 Å². The molecule has 0 saturated heterocycles. The molecule has 0 aromatic carbocycles. The molecule has 1 aliphatic heterocycles. The summed E-state index contributed by atoms with van der Waals surface area (Å²) in [6, 6.07) is 1.70. The van der Waals surface area contributed by atoms with E-state index in [0.29, 0.717) is 11.3 Å². The van der Waals surface area contributed by atoms with Crippen molar-refractivity contribution in [3.63, 3.8) is 0 Å². The van der Waals surface area contributed by atoms with Crippen LogP contribution >= 0.6 is 0 Å². The molecule has 1 aromatic rings. The van der Waals surface area contributed by atoms with Gasteiger partial charge in [0.05, 0.1) is 17.8 Å². The molecule has 1 N–H and O–H groups in total. The highest BCUT2D eigenvalue weighted by Crippen LogP contribution is 2.15. The van der Waals surface area contributed by atoms with Crippen LogP contribution in [0.25, 0.3) is 5.57 Å². The number of ketones is 1. The molecule has 1 aromatic heterocycles. The smallest absolute Gasteiger partial charge is 0.253 e. The normalized spacial score (nSPS) is 16.5. The highest BCUT2D eigenvalue weighted by molar-refractivity contribution is 6.26. The van der Waals surface area contributed by atoms with Gasteiger partial charge in [-0.1, -0.05) is 0 Å². The molecule has 0 aliphatic carbocycles. The van der Waals surface area contributed by atoms with Crippen LogP contribution in [0.1, 0.15) is 5.69 Å². The van der Waals surface area contributed by atoms with Crippen LogP contribution in [-0.2, 0) is 16.6 Å². The Balaban J connectivity index is 2.47. The van der Waals surface area contributed by atoms with E-state index in [1.807, 2.05) is 0 Å². The second kappa shape index (κ2) is 3.10. The Morgan fingerprint density at radius 3 is 2.93 bits per heavy atom. The molecule has 14 heavy (non-hydrogen) atoms. The summed E-state index contributed by atoms with van der Waals surface area (Å²) >= 11 is 0. The minimum Gasteiger partial charge on any atom is -0.345 e. The highest BCUT2D eigenvalue weighted by Gasteiger charge is 2.20. The second-order valence-electron chi connectivity index (χ2n) is 3.05. The Morgan fingerprint density at radius 2 is 2.29 bits per heavy atom. The van der Waals surface area contributed by atoms with Gasteiger partial charge >= 0.3 is 0 Å². The minimum atomic E-state index is -0.229. The molecular formula is C9H9N3O2. The molecule has 0 unspecified atom stereocenters. The first-order valence-electron chi connectivity index (χ1n) is 4.19. The number of hydrogen-bond donors (Lipinski definition) is 1. The Morgan fingerprint density at radius 1 is 1.50 bits per heavy atom.